The molecule has 1 atom stereocenters. The topological polar surface area (TPSA) is 90.1 Å². The number of carbonyl (C=O) groups is 1. The average Bonchev–Trinajstić information content (AvgIpc) is 2.54. The molecule has 0 aliphatic rings. The van der Waals surface area contributed by atoms with E-state index in [1.165, 1.54) is 6.20 Å². The zero-order valence-corrected chi connectivity index (χ0v) is 13.0. The van der Waals surface area contributed by atoms with Gasteiger partial charge in [0.1, 0.15) is 11.6 Å². The molecule has 0 saturated heterocycles. The van der Waals surface area contributed by atoms with Crippen LogP contribution in [0.2, 0.25) is 0 Å². The molecule has 1 unspecified atom stereocenters. The number of hydrogen-bond acceptors (Lipinski definition) is 5. The molecule has 0 spiro atoms. The van der Waals surface area contributed by atoms with Crippen LogP contribution >= 0.6 is 0 Å². The fourth-order valence-corrected chi connectivity index (χ4v) is 1.85. The molecule has 1 aromatic carbocycles. The maximum Gasteiger partial charge on any atom is 0.256 e. The molecule has 6 nitrogen and oxygen atoms in total. The Balaban J connectivity index is 2.23. The van der Waals surface area contributed by atoms with E-state index in [1.54, 1.807) is 7.11 Å². The Bertz CT molecular complexity index is 656. The zero-order valence-electron chi connectivity index (χ0n) is 13.0. The molecule has 1 amide bonds. The summed E-state index contributed by atoms with van der Waals surface area (Å²) in [5.74, 6) is 1.14. The van der Waals surface area contributed by atoms with Crippen LogP contribution in [0.5, 0.6) is 5.75 Å². The summed E-state index contributed by atoms with van der Waals surface area (Å²) in [5.41, 5.74) is 6.99. The van der Waals surface area contributed by atoms with Crippen LogP contribution in [0.25, 0.3) is 11.4 Å². The first-order chi connectivity index (χ1) is 10.5. The van der Waals surface area contributed by atoms with Crippen molar-refractivity contribution in [1.29, 1.82) is 0 Å². The molecule has 2 rings (SSSR count). The standard InChI is InChI=1S/C16H20N4O2/c1-4-10(2)19-16(21)13-9-18-15(20-14(13)17)11-5-7-12(22-3)8-6-11/h5-10H,4H2,1-3H3,(H,19,21)(H2,17,18,20). The second kappa shape index (κ2) is 6.89. The number of nitrogens with zero attached hydrogens (tertiary/aromatic N) is 2. The van der Waals surface area contributed by atoms with Crippen LogP contribution in [-0.4, -0.2) is 29.0 Å². The lowest BCUT2D eigenvalue weighted by atomic mass is 10.2. The van der Waals surface area contributed by atoms with Gasteiger partial charge in [0.25, 0.3) is 5.91 Å². The maximum absolute atomic E-state index is 12.1. The minimum atomic E-state index is -0.256. The Kier molecular flexibility index (Phi) is 4.93. The molecule has 116 valence electrons. The van der Waals surface area contributed by atoms with Crippen LogP contribution < -0.4 is 15.8 Å². The normalized spacial score (nSPS) is 11.8. The van der Waals surface area contributed by atoms with E-state index in [-0.39, 0.29) is 23.3 Å². The van der Waals surface area contributed by atoms with Crippen molar-refractivity contribution in [3.05, 3.63) is 36.0 Å². The molecule has 0 aliphatic heterocycles. The van der Waals surface area contributed by atoms with Crippen molar-refractivity contribution < 1.29 is 9.53 Å². The Morgan fingerprint density at radius 3 is 2.59 bits per heavy atom. The van der Waals surface area contributed by atoms with E-state index in [1.807, 2.05) is 38.1 Å². The van der Waals surface area contributed by atoms with E-state index in [0.717, 1.165) is 17.7 Å². The molecule has 1 aromatic heterocycles. The van der Waals surface area contributed by atoms with Crippen molar-refractivity contribution in [3.8, 4) is 17.1 Å². The molecule has 0 radical (unpaired) electrons. The van der Waals surface area contributed by atoms with Gasteiger partial charge in [0.2, 0.25) is 0 Å². The quantitative estimate of drug-likeness (QED) is 0.884. The number of benzene rings is 1. The number of carbonyl (C=O) groups excluding carboxylic acids is 1. The summed E-state index contributed by atoms with van der Waals surface area (Å²) in [7, 11) is 1.61. The zero-order chi connectivity index (χ0) is 16.1. The lowest BCUT2D eigenvalue weighted by Crippen LogP contribution is -2.32. The molecule has 3 N–H and O–H groups in total. The van der Waals surface area contributed by atoms with Crippen molar-refractivity contribution in [1.82, 2.24) is 15.3 Å². The lowest BCUT2D eigenvalue weighted by Gasteiger charge is -2.12. The van der Waals surface area contributed by atoms with Crippen molar-refractivity contribution in [2.75, 3.05) is 12.8 Å². The average molecular weight is 300 g/mol. The Morgan fingerprint density at radius 1 is 1.36 bits per heavy atom. The first-order valence-corrected chi connectivity index (χ1v) is 7.13. The smallest absolute Gasteiger partial charge is 0.256 e. The number of ether oxygens (including phenoxy) is 1. The molecule has 22 heavy (non-hydrogen) atoms. The summed E-state index contributed by atoms with van der Waals surface area (Å²) in [5, 5.41) is 2.85. The van der Waals surface area contributed by atoms with Crippen molar-refractivity contribution in [2.45, 2.75) is 26.3 Å². The van der Waals surface area contributed by atoms with Gasteiger partial charge in [0.05, 0.1) is 12.7 Å². The number of rotatable bonds is 5. The van der Waals surface area contributed by atoms with E-state index >= 15 is 0 Å². The summed E-state index contributed by atoms with van der Waals surface area (Å²) < 4.78 is 5.11. The van der Waals surface area contributed by atoms with Crippen LogP contribution in [-0.2, 0) is 0 Å². The van der Waals surface area contributed by atoms with Gasteiger partial charge in [-0.2, -0.15) is 0 Å². The summed E-state index contributed by atoms with van der Waals surface area (Å²) in [6.45, 7) is 3.93. The number of nitrogens with one attached hydrogen (secondary N) is 1. The van der Waals surface area contributed by atoms with Gasteiger partial charge >= 0.3 is 0 Å². The number of nitrogen functional groups attached to an aromatic ring is 1. The number of methoxy groups -OCH3 is 1. The highest BCUT2D eigenvalue weighted by Gasteiger charge is 2.14. The van der Waals surface area contributed by atoms with Gasteiger partial charge in [-0.1, -0.05) is 6.92 Å². The minimum Gasteiger partial charge on any atom is -0.497 e. The highest BCUT2D eigenvalue weighted by Crippen LogP contribution is 2.20. The number of aromatic nitrogens is 2. The third-order valence-corrected chi connectivity index (χ3v) is 3.40. The predicted octanol–water partition coefficient (Wildman–Crippen LogP) is 2.26. The Morgan fingerprint density at radius 2 is 2.05 bits per heavy atom. The van der Waals surface area contributed by atoms with Gasteiger partial charge < -0.3 is 15.8 Å². The predicted molar refractivity (Wildman–Crippen MR) is 85.7 cm³/mol. The van der Waals surface area contributed by atoms with Crippen LogP contribution in [0.15, 0.2) is 30.5 Å². The first kappa shape index (κ1) is 15.8. The monoisotopic (exact) mass is 300 g/mol. The third kappa shape index (κ3) is 3.52. The van der Waals surface area contributed by atoms with Gasteiger partial charge in [-0.3, -0.25) is 4.79 Å². The van der Waals surface area contributed by atoms with Crippen LogP contribution in [0.4, 0.5) is 5.82 Å². The SMILES string of the molecule is CCC(C)NC(=O)c1cnc(-c2ccc(OC)cc2)nc1N. The van der Waals surface area contributed by atoms with Gasteiger partial charge in [0, 0.05) is 17.8 Å². The third-order valence-electron chi connectivity index (χ3n) is 3.40. The van der Waals surface area contributed by atoms with E-state index in [4.69, 9.17) is 10.5 Å². The molecule has 0 bridgehead atoms. The number of nitrogens with two attached hydrogens (primary N) is 1. The van der Waals surface area contributed by atoms with Crippen molar-refractivity contribution in [2.24, 2.45) is 0 Å². The second-order valence-corrected chi connectivity index (χ2v) is 5.00. The fourth-order valence-electron chi connectivity index (χ4n) is 1.85. The highest BCUT2D eigenvalue weighted by molar-refractivity contribution is 5.98. The minimum absolute atomic E-state index is 0.0770. The molecule has 6 heteroatoms. The Hall–Kier alpha value is -2.63. The molecule has 0 fully saturated rings. The summed E-state index contributed by atoms with van der Waals surface area (Å²) in [4.78, 5) is 20.5. The second-order valence-electron chi connectivity index (χ2n) is 5.00. The molecule has 2 aromatic rings. The van der Waals surface area contributed by atoms with Gasteiger partial charge in [0.15, 0.2) is 5.82 Å². The lowest BCUT2D eigenvalue weighted by molar-refractivity contribution is 0.0939. The highest BCUT2D eigenvalue weighted by atomic mass is 16.5. The largest absolute Gasteiger partial charge is 0.497 e. The molecule has 0 aliphatic carbocycles. The maximum atomic E-state index is 12.1. The number of hydrogen-bond donors (Lipinski definition) is 2. The van der Waals surface area contributed by atoms with Crippen LogP contribution in [0, 0.1) is 0 Å². The molecule has 0 saturated carbocycles. The van der Waals surface area contributed by atoms with Crippen LogP contribution in [0.1, 0.15) is 30.6 Å². The summed E-state index contributed by atoms with van der Waals surface area (Å²) in [6.07, 6.45) is 2.30. The van der Waals surface area contributed by atoms with E-state index in [0.29, 0.717) is 5.82 Å². The van der Waals surface area contributed by atoms with Gasteiger partial charge in [-0.25, -0.2) is 9.97 Å². The van der Waals surface area contributed by atoms with Gasteiger partial charge in [-0.05, 0) is 37.6 Å². The number of anilines is 1. The molecular weight excluding hydrogens is 280 g/mol. The van der Waals surface area contributed by atoms with Crippen molar-refractivity contribution in [3.63, 3.8) is 0 Å². The van der Waals surface area contributed by atoms with Gasteiger partial charge in [-0.15, -0.1) is 0 Å². The van der Waals surface area contributed by atoms with E-state index < -0.39 is 0 Å². The summed E-state index contributed by atoms with van der Waals surface area (Å²) in [6, 6.07) is 7.39. The van der Waals surface area contributed by atoms with Crippen LogP contribution in [0.3, 0.4) is 0 Å². The molecular formula is C16H20N4O2. The van der Waals surface area contributed by atoms with E-state index in [9.17, 15) is 4.79 Å². The van der Waals surface area contributed by atoms with E-state index in [2.05, 4.69) is 15.3 Å². The number of amides is 1. The molecule has 1 heterocycles. The Labute approximate surface area is 129 Å². The van der Waals surface area contributed by atoms with Crippen molar-refractivity contribution >= 4 is 11.7 Å². The fraction of sp³-hybridized carbons (Fsp3) is 0.312. The first-order valence-electron chi connectivity index (χ1n) is 7.13. The summed E-state index contributed by atoms with van der Waals surface area (Å²) >= 11 is 0.